The van der Waals surface area contributed by atoms with E-state index in [9.17, 15) is 9.18 Å². The van der Waals surface area contributed by atoms with Gasteiger partial charge in [-0.25, -0.2) is 9.37 Å². The molecular weight excluding hydrogens is 223 g/mol. The summed E-state index contributed by atoms with van der Waals surface area (Å²) in [5.74, 6) is -0.320. The summed E-state index contributed by atoms with van der Waals surface area (Å²) >= 11 is 0. The van der Waals surface area contributed by atoms with Crippen LogP contribution in [0.25, 0.3) is 0 Å². The van der Waals surface area contributed by atoms with Crippen molar-refractivity contribution in [2.75, 3.05) is 0 Å². The van der Waals surface area contributed by atoms with Gasteiger partial charge in [0.1, 0.15) is 17.3 Å². The molecule has 2 N–H and O–H groups in total. The van der Waals surface area contributed by atoms with Crippen LogP contribution in [-0.4, -0.2) is 10.9 Å². The zero-order valence-electron chi connectivity index (χ0n) is 8.76. The molecule has 4 nitrogen and oxygen atoms in total. The van der Waals surface area contributed by atoms with Gasteiger partial charge in [-0.05, 0) is 30.3 Å². The molecule has 0 bridgehead atoms. The van der Waals surface area contributed by atoms with Crippen molar-refractivity contribution >= 4 is 5.91 Å². The van der Waals surface area contributed by atoms with Gasteiger partial charge in [-0.1, -0.05) is 6.07 Å². The van der Waals surface area contributed by atoms with E-state index < -0.39 is 5.91 Å². The second-order valence-corrected chi connectivity index (χ2v) is 3.28. The topological polar surface area (TPSA) is 65.2 Å². The molecular formula is C12H9FN2O2. The van der Waals surface area contributed by atoms with Crippen LogP contribution in [0.1, 0.15) is 10.5 Å². The highest BCUT2D eigenvalue weighted by molar-refractivity contribution is 5.90. The van der Waals surface area contributed by atoms with Crippen LogP contribution >= 0.6 is 0 Å². The van der Waals surface area contributed by atoms with E-state index >= 15 is 0 Å². The largest absolute Gasteiger partial charge is 0.439 e. The molecule has 2 aromatic rings. The third kappa shape index (κ3) is 2.78. The second kappa shape index (κ2) is 4.61. The van der Waals surface area contributed by atoms with Crippen molar-refractivity contribution in [2.45, 2.75) is 0 Å². The maximum Gasteiger partial charge on any atom is 0.267 e. The van der Waals surface area contributed by atoms with Crippen LogP contribution in [0, 0.1) is 5.82 Å². The Morgan fingerprint density at radius 1 is 1.18 bits per heavy atom. The van der Waals surface area contributed by atoms with Crippen LogP contribution in [0.5, 0.6) is 11.6 Å². The molecule has 2 rings (SSSR count). The number of halogens is 1. The summed E-state index contributed by atoms with van der Waals surface area (Å²) in [5, 5.41) is 0. The van der Waals surface area contributed by atoms with Gasteiger partial charge in [0.2, 0.25) is 5.88 Å². The van der Waals surface area contributed by atoms with Crippen molar-refractivity contribution < 1.29 is 13.9 Å². The van der Waals surface area contributed by atoms with E-state index in [1.54, 1.807) is 12.1 Å². The number of carbonyl (C=O) groups is 1. The summed E-state index contributed by atoms with van der Waals surface area (Å²) in [6.45, 7) is 0. The summed E-state index contributed by atoms with van der Waals surface area (Å²) in [6, 6.07) is 10.1. The monoisotopic (exact) mass is 232 g/mol. The van der Waals surface area contributed by atoms with E-state index in [0.717, 1.165) is 0 Å². The number of aromatic nitrogens is 1. The molecule has 0 fully saturated rings. The molecule has 0 spiro atoms. The lowest BCUT2D eigenvalue weighted by Gasteiger charge is -2.04. The molecule has 0 radical (unpaired) electrons. The minimum atomic E-state index is -0.630. The highest BCUT2D eigenvalue weighted by Crippen LogP contribution is 2.19. The molecule has 1 amide bonds. The highest BCUT2D eigenvalue weighted by atomic mass is 19.1. The summed E-state index contributed by atoms with van der Waals surface area (Å²) in [7, 11) is 0. The Hall–Kier alpha value is -2.43. The van der Waals surface area contributed by atoms with E-state index in [2.05, 4.69) is 4.98 Å². The average molecular weight is 232 g/mol. The molecule has 1 heterocycles. The van der Waals surface area contributed by atoms with Crippen LogP contribution < -0.4 is 10.5 Å². The Morgan fingerprint density at radius 3 is 2.53 bits per heavy atom. The summed E-state index contributed by atoms with van der Waals surface area (Å²) < 4.78 is 18.0. The quantitative estimate of drug-likeness (QED) is 0.881. The Balaban J connectivity index is 2.21. The first kappa shape index (κ1) is 11.1. The molecule has 1 aromatic heterocycles. The number of hydrogen-bond acceptors (Lipinski definition) is 3. The van der Waals surface area contributed by atoms with Crippen molar-refractivity contribution in [3.8, 4) is 11.6 Å². The normalized spacial score (nSPS) is 9.94. The predicted molar refractivity (Wildman–Crippen MR) is 59.2 cm³/mol. The van der Waals surface area contributed by atoms with Gasteiger partial charge in [0, 0.05) is 6.07 Å². The first-order chi connectivity index (χ1) is 8.15. The lowest BCUT2D eigenvalue weighted by molar-refractivity contribution is 0.0995. The van der Waals surface area contributed by atoms with Gasteiger partial charge >= 0.3 is 0 Å². The lowest BCUT2D eigenvalue weighted by atomic mass is 10.3. The van der Waals surface area contributed by atoms with E-state index in [4.69, 9.17) is 10.5 Å². The van der Waals surface area contributed by atoms with Gasteiger partial charge in [0.25, 0.3) is 5.91 Å². The minimum Gasteiger partial charge on any atom is -0.439 e. The van der Waals surface area contributed by atoms with E-state index in [1.165, 1.54) is 30.3 Å². The third-order valence-electron chi connectivity index (χ3n) is 2.01. The Labute approximate surface area is 96.9 Å². The Kier molecular flexibility index (Phi) is 3.00. The number of pyridine rings is 1. The van der Waals surface area contributed by atoms with Gasteiger partial charge < -0.3 is 10.5 Å². The fraction of sp³-hybridized carbons (Fsp3) is 0. The third-order valence-corrected chi connectivity index (χ3v) is 2.01. The van der Waals surface area contributed by atoms with Crippen molar-refractivity contribution in [2.24, 2.45) is 5.73 Å². The second-order valence-electron chi connectivity index (χ2n) is 3.28. The fourth-order valence-corrected chi connectivity index (χ4v) is 1.23. The maximum absolute atomic E-state index is 12.7. The van der Waals surface area contributed by atoms with E-state index in [-0.39, 0.29) is 17.4 Å². The molecule has 0 aliphatic rings. The van der Waals surface area contributed by atoms with Gasteiger partial charge in [-0.3, -0.25) is 4.79 Å². The lowest BCUT2D eigenvalue weighted by Crippen LogP contribution is -2.12. The number of carbonyl (C=O) groups excluding carboxylic acids is 1. The summed E-state index contributed by atoms with van der Waals surface area (Å²) in [5.41, 5.74) is 5.20. The number of hydrogen-bond donors (Lipinski definition) is 1. The Morgan fingerprint density at radius 2 is 1.88 bits per heavy atom. The van der Waals surface area contributed by atoms with E-state index in [0.29, 0.717) is 5.75 Å². The van der Waals surface area contributed by atoms with Crippen LogP contribution in [-0.2, 0) is 0 Å². The van der Waals surface area contributed by atoms with Gasteiger partial charge in [0.15, 0.2) is 0 Å². The van der Waals surface area contributed by atoms with Gasteiger partial charge in [-0.2, -0.15) is 0 Å². The molecule has 86 valence electrons. The highest BCUT2D eigenvalue weighted by Gasteiger charge is 2.04. The number of ether oxygens (including phenoxy) is 1. The molecule has 0 unspecified atom stereocenters. The number of rotatable bonds is 3. The fourth-order valence-electron chi connectivity index (χ4n) is 1.23. The molecule has 1 aromatic carbocycles. The zero-order chi connectivity index (χ0) is 12.3. The van der Waals surface area contributed by atoms with Crippen molar-refractivity contribution in [1.29, 1.82) is 0 Å². The number of amides is 1. The summed E-state index contributed by atoms with van der Waals surface area (Å²) in [6.07, 6.45) is 0. The van der Waals surface area contributed by atoms with Crippen LogP contribution in [0.15, 0.2) is 42.5 Å². The number of nitrogens with two attached hydrogens (primary N) is 1. The minimum absolute atomic E-state index is 0.115. The van der Waals surface area contributed by atoms with Crippen molar-refractivity contribution in [3.63, 3.8) is 0 Å². The SMILES string of the molecule is NC(=O)c1cccc(Oc2ccc(F)cc2)n1. The van der Waals surface area contributed by atoms with Crippen LogP contribution in [0.2, 0.25) is 0 Å². The maximum atomic E-state index is 12.7. The molecule has 0 saturated carbocycles. The number of nitrogens with zero attached hydrogens (tertiary/aromatic N) is 1. The van der Waals surface area contributed by atoms with Crippen molar-refractivity contribution in [3.05, 3.63) is 54.0 Å². The predicted octanol–water partition coefficient (Wildman–Crippen LogP) is 2.11. The molecule has 0 atom stereocenters. The molecule has 0 aliphatic heterocycles. The van der Waals surface area contributed by atoms with Gasteiger partial charge in [0.05, 0.1) is 0 Å². The van der Waals surface area contributed by atoms with E-state index in [1.807, 2.05) is 0 Å². The Bertz CT molecular complexity index is 540. The van der Waals surface area contributed by atoms with Crippen molar-refractivity contribution in [1.82, 2.24) is 4.98 Å². The zero-order valence-corrected chi connectivity index (χ0v) is 8.76. The first-order valence-electron chi connectivity index (χ1n) is 4.85. The standard InChI is InChI=1S/C12H9FN2O2/c13-8-4-6-9(7-5-8)17-11-3-1-2-10(15-11)12(14)16/h1-7H,(H2,14,16). The average Bonchev–Trinajstić information content (AvgIpc) is 2.32. The molecule has 0 aliphatic carbocycles. The molecule has 5 heteroatoms. The number of primary amides is 1. The number of benzene rings is 1. The van der Waals surface area contributed by atoms with Crippen LogP contribution in [0.3, 0.4) is 0 Å². The molecule has 0 saturated heterocycles. The molecule has 17 heavy (non-hydrogen) atoms. The summed E-state index contributed by atoms with van der Waals surface area (Å²) in [4.78, 5) is 14.8. The first-order valence-corrected chi connectivity index (χ1v) is 4.85. The van der Waals surface area contributed by atoms with Crippen LogP contribution in [0.4, 0.5) is 4.39 Å². The van der Waals surface area contributed by atoms with Gasteiger partial charge in [-0.15, -0.1) is 0 Å². The smallest absolute Gasteiger partial charge is 0.267 e.